The molecule has 6 nitrogen and oxygen atoms in total. The van der Waals surface area contributed by atoms with Crippen LogP contribution in [0, 0.1) is 0 Å². The van der Waals surface area contributed by atoms with Crippen LogP contribution in [0.4, 0.5) is 0 Å². The number of likely N-dealkylation sites (tertiary alicyclic amines) is 1. The standard InChI is InChI=1S/C22H25N5OS/c1-16-7-6-8-17(2)26(16)20(28)15-29-22-25-24-21(18-11-13-23-14-12-18)27(22)19-9-4-3-5-10-19/h3-5,9-14,16-17H,6-8,15H2,1-2H3/t16-,17+. The van der Waals surface area contributed by atoms with Crippen molar-refractivity contribution in [1.29, 1.82) is 0 Å². The molecule has 0 aliphatic carbocycles. The Hall–Kier alpha value is -2.67. The molecule has 1 fully saturated rings. The number of aromatic nitrogens is 4. The third-order valence-corrected chi connectivity index (χ3v) is 6.31. The van der Waals surface area contributed by atoms with Crippen LogP contribution in [-0.4, -0.2) is 48.4 Å². The number of carbonyl (C=O) groups excluding carboxylic acids is 1. The van der Waals surface area contributed by atoms with Gasteiger partial charge < -0.3 is 4.90 Å². The smallest absolute Gasteiger partial charge is 0.233 e. The molecule has 150 valence electrons. The fourth-order valence-corrected chi connectivity index (χ4v) is 4.80. The van der Waals surface area contributed by atoms with E-state index in [1.165, 1.54) is 18.2 Å². The topological polar surface area (TPSA) is 63.9 Å². The van der Waals surface area contributed by atoms with Gasteiger partial charge in [-0.2, -0.15) is 0 Å². The molecule has 1 aliphatic heterocycles. The predicted molar refractivity (Wildman–Crippen MR) is 115 cm³/mol. The lowest BCUT2D eigenvalue weighted by Crippen LogP contribution is -2.48. The minimum absolute atomic E-state index is 0.169. The van der Waals surface area contributed by atoms with Crippen LogP contribution < -0.4 is 0 Å². The predicted octanol–water partition coefficient (Wildman–Crippen LogP) is 4.21. The van der Waals surface area contributed by atoms with E-state index >= 15 is 0 Å². The minimum Gasteiger partial charge on any atom is -0.337 e. The van der Waals surface area contributed by atoms with E-state index in [1.807, 2.05) is 51.9 Å². The van der Waals surface area contributed by atoms with E-state index < -0.39 is 0 Å². The molecular formula is C22H25N5OS. The Balaban J connectivity index is 1.61. The highest BCUT2D eigenvalue weighted by Crippen LogP contribution is 2.29. The van der Waals surface area contributed by atoms with Gasteiger partial charge in [-0.3, -0.25) is 14.3 Å². The number of hydrogen-bond acceptors (Lipinski definition) is 5. The van der Waals surface area contributed by atoms with Gasteiger partial charge in [0.25, 0.3) is 0 Å². The highest BCUT2D eigenvalue weighted by molar-refractivity contribution is 7.99. The summed E-state index contributed by atoms with van der Waals surface area (Å²) in [5.74, 6) is 1.27. The molecule has 0 radical (unpaired) electrons. The second-order valence-corrected chi connectivity index (χ2v) is 8.37. The molecule has 0 N–H and O–H groups in total. The highest BCUT2D eigenvalue weighted by Gasteiger charge is 2.29. The summed E-state index contributed by atoms with van der Waals surface area (Å²) in [4.78, 5) is 19.1. The lowest BCUT2D eigenvalue weighted by Gasteiger charge is -2.39. The van der Waals surface area contributed by atoms with E-state index in [2.05, 4.69) is 29.0 Å². The Labute approximate surface area is 175 Å². The first kappa shape index (κ1) is 19.6. The molecule has 29 heavy (non-hydrogen) atoms. The summed E-state index contributed by atoms with van der Waals surface area (Å²) in [6.45, 7) is 4.29. The lowest BCUT2D eigenvalue weighted by atomic mass is 9.98. The zero-order valence-electron chi connectivity index (χ0n) is 16.7. The van der Waals surface area contributed by atoms with E-state index in [-0.39, 0.29) is 5.91 Å². The normalized spacial score (nSPS) is 19.3. The first-order valence-corrected chi connectivity index (χ1v) is 11.0. The number of hydrogen-bond donors (Lipinski definition) is 0. The second kappa shape index (κ2) is 8.78. The van der Waals surface area contributed by atoms with E-state index in [1.54, 1.807) is 12.4 Å². The Morgan fingerprint density at radius 2 is 1.72 bits per heavy atom. The number of piperidine rings is 1. The molecule has 2 aromatic heterocycles. The number of rotatable bonds is 5. The molecule has 1 amide bonds. The van der Waals surface area contributed by atoms with Crippen molar-refractivity contribution in [2.45, 2.75) is 50.4 Å². The monoisotopic (exact) mass is 407 g/mol. The third kappa shape index (κ3) is 4.19. The van der Waals surface area contributed by atoms with Crippen LogP contribution in [0.5, 0.6) is 0 Å². The highest BCUT2D eigenvalue weighted by atomic mass is 32.2. The van der Waals surface area contributed by atoms with E-state index in [0.29, 0.717) is 23.0 Å². The maximum Gasteiger partial charge on any atom is 0.233 e. The number of para-hydroxylation sites is 1. The third-order valence-electron chi connectivity index (χ3n) is 5.39. The maximum atomic E-state index is 13.0. The van der Waals surface area contributed by atoms with Crippen molar-refractivity contribution in [3.63, 3.8) is 0 Å². The van der Waals surface area contributed by atoms with Gasteiger partial charge >= 0.3 is 0 Å². The molecule has 0 spiro atoms. The van der Waals surface area contributed by atoms with Crippen molar-refractivity contribution in [2.75, 3.05) is 5.75 Å². The van der Waals surface area contributed by atoms with Crippen molar-refractivity contribution in [1.82, 2.24) is 24.6 Å². The van der Waals surface area contributed by atoms with Gasteiger partial charge in [-0.1, -0.05) is 30.0 Å². The molecule has 0 saturated carbocycles. The largest absolute Gasteiger partial charge is 0.337 e. The molecule has 1 aromatic carbocycles. The van der Waals surface area contributed by atoms with Gasteiger partial charge in [0.15, 0.2) is 11.0 Å². The van der Waals surface area contributed by atoms with E-state index in [9.17, 15) is 4.79 Å². The van der Waals surface area contributed by atoms with Gasteiger partial charge in [0.1, 0.15) is 0 Å². The molecule has 0 bridgehead atoms. The number of amides is 1. The lowest BCUT2D eigenvalue weighted by molar-refractivity contribution is -0.134. The molecule has 3 aromatic rings. The van der Waals surface area contributed by atoms with Crippen LogP contribution in [0.25, 0.3) is 17.1 Å². The van der Waals surface area contributed by atoms with Crippen LogP contribution in [0.1, 0.15) is 33.1 Å². The summed E-state index contributed by atoms with van der Waals surface area (Å²) < 4.78 is 2.01. The summed E-state index contributed by atoms with van der Waals surface area (Å²) in [6.07, 6.45) is 6.83. The van der Waals surface area contributed by atoms with Crippen LogP contribution in [-0.2, 0) is 4.79 Å². The first-order valence-electron chi connectivity index (χ1n) is 10.0. The van der Waals surface area contributed by atoms with E-state index in [4.69, 9.17) is 0 Å². The second-order valence-electron chi connectivity index (χ2n) is 7.43. The van der Waals surface area contributed by atoms with Crippen molar-refractivity contribution >= 4 is 17.7 Å². The van der Waals surface area contributed by atoms with Gasteiger partial charge in [0.05, 0.1) is 5.75 Å². The van der Waals surface area contributed by atoms with Gasteiger partial charge in [0, 0.05) is 35.7 Å². The Morgan fingerprint density at radius 1 is 1.03 bits per heavy atom. The number of carbonyl (C=O) groups is 1. The summed E-state index contributed by atoms with van der Waals surface area (Å²) in [5.41, 5.74) is 1.91. The number of thioether (sulfide) groups is 1. The van der Waals surface area contributed by atoms with Crippen molar-refractivity contribution in [3.8, 4) is 17.1 Å². The number of benzene rings is 1. The zero-order chi connectivity index (χ0) is 20.2. The molecule has 1 aliphatic rings. The first-order chi connectivity index (χ1) is 14.1. The van der Waals surface area contributed by atoms with Gasteiger partial charge in [-0.05, 0) is 57.4 Å². The Morgan fingerprint density at radius 3 is 2.41 bits per heavy atom. The Bertz CT molecular complexity index is 950. The summed E-state index contributed by atoms with van der Waals surface area (Å²) in [5, 5.41) is 9.55. The molecule has 1 saturated heterocycles. The summed E-state index contributed by atoms with van der Waals surface area (Å²) in [6, 6.07) is 14.4. The fraction of sp³-hybridized carbons (Fsp3) is 0.364. The average molecular weight is 408 g/mol. The fourth-order valence-electron chi connectivity index (χ4n) is 3.97. The quantitative estimate of drug-likeness (QED) is 0.593. The Kier molecular flexibility index (Phi) is 5.94. The minimum atomic E-state index is 0.169. The summed E-state index contributed by atoms with van der Waals surface area (Å²) >= 11 is 1.45. The molecule has 7 heteroatoms. The van der Waals surface area contributed by atoms with Crippen molar-refractivity contribution < 1.29 is 4.79 Å². The van der Waals surface area contributed by atoms with Gasteiger partial charge in [-0.25, -0.2) is 0 Å². The average Bonchev–Trinajstić information content (AvgIpc) is 3.17. The SMILES string of the molecule is C[C@@H]1CCC[C@H](C)N1C(=O)CSc1nnc(-c2ccncc2)n1-c1ccccc1. The summed E-state index contributed by atoms with van der Waals surface area (Å²) in [7, 11) is 0. The molecule has 0 unspecified atom stereocenters. The van der Waals surface area contributed by atoms with Crippen LogP contribution >= 0.6 is 11.8 Å². The van der Waals surface area contributed by atoms with Crippen LogP contribution in [0.15, 0.2) is 60.0 Å². The molecular weight excluding hydrogens is 382 g/mol. The van der Waals surface area contributed by atoms with Crippen LogP contribution in [0.2, 0.25) is 0 Å². The van der Waals surface area contributed by atoms with Crippen molar-refractivity contribution in [2.24, 2.45) is 0 Å². The molecule has 3 heterocycles. The van der Waals surface area contributed by atoms with Gasteiger partial charge in [0.2, 0.25) is 5.91 Å². The maximum absolute atomic E-state index is 13.0. The molecule has 2 atom stereocenters. The van der Waals surface area contributed by atoms with E-state index in [0.717, 1.165) is 29.9 Å². The van der Waals surface area contributed by atoms with Gasteiger partial charge in [-0.15, -0.1) is 10.2 Å². The number of pyridine rings is 1. The zero-order valence-corrected chi connectivity index (χ0v) is 17.5. The van der Waals surface area contributed by atoms with Crippen LogP contribution in [0.3, 0.4) is 0 Å². The number of nitrogens with zero attached hydrogens (tertiary/aromatic N) is 5. The van der Waals surface area contributed by atoms with Crippen molar-refractivity contribution in [3.05, 3.63) is 54.9 Å². The molecule has 4 rings (SSSR count).